The molecule has 0 unspecified atom stereocenters. The van der Waals surface area contributed by atoms with Gasteiger partial charge in [0.25, 0.3) is 5.91 Å². The summed E-state index contributed by atoms with van der Waals surface area (Å²) in [5.41, 5.74) is 1.46. The van der Waals surface area contributed by atoms with Gasteiger partial charge >= 0.3 is 0 Å². The average Bonchev–Trinajstić information content (AvgIpc) is 2.80. The average molecular weight is 307 g/mol. The maximum Gasteiger partial charge on any atom is 0.256 e. The lowest BCUT2D eigenvalue weighted by Gasteiger charge is -2.35. The fourth-order valence-electron chi connectivity index (χ4n) is 2.89. The number of amides is 1. The van der Waals surface area contributed by atoms with E-state index in [1.807, 2.05) is 4.90 Å². The van der Waals surface area contributed by atoms with Crippen molar-refractivity contribution in [2.75, 3.05) is 13.1 Å². The molecule has 1 saturated heterocycles. The third-order valence-corrected chi connectivity index (χ3v) is 4.65. The van der Waals surface area contributed by atoms with Gasteiger partial charge in [0.2, 0.25) is 0 Å². The number of hydrogen-bond acceptors (Lipinski definition) is 2. The number of benzene rings is 1. The van der Waals surface area contributed by atoms with Crippen LogP contribution in [-0.2, 0) is 0 Å². The minimum absolute atomic E-state index is 0.136. The molecular weight excluding hydrogens is 289 g/mol. The van der Waals surface area contributed by atoms with E-state index >= 15 is 0 Å². The second kappa shape index (κ2) is 5.26. The van der Waals surface area contributed by atoms with Crippen molar-refractivity contribution in [3.05, 3.63) is 28.3 Å². The van der Waals surface area contributed by atoms with Gasteiger partial charge in [0.05, 0.1) is 16.6 Å². The molecule has 3 rings (SSSR count). The Kier molecular flexibility index (Phi) is 3.57. The first-order valence-corrected chi connectivity index (χ1v) is 7.57. The molecule has 1 aromatic carbocycles. The van der Waals surface area contributed by atoms with Crippen molar-refractivity contribution in [2.45, 2.75) is 20.3 Å². The van der Waals surface area contributed by atoms with Gasteiger partial charge in [-0.05, 0) is 42.6 Å². The molecular formula is C15H18FN3OS. The number of aromatic amines is 2. The maximum absolute atomic E-state index is 13.7. The Morgan fingerprint density at radius 1 is 1.33 bits per heavy atom. The van der Waals surface area contributed by atoms with E-state index in [-0.39, 0.29) is 5.91 Å². The molecule has 21 heavy (non-hydrogen) atoms. The van der Waals surface area contributed by atoms with Crippen LogP contribution in [0.4, 0.5) is 4.39 Å². The van der Waals surface area contributed by atoms with Crippen LogP contribution in [0.5, 0.6) is 0 Å². The maximum atomic E-state index is 13.7. The molecule has 2 atom stereocenters. The number of rotatable bonds is 1. The summed E-state index contributed by atoms with van der Waals surface area (Å²) in [6.07, 6.45) is 0.981. The highest BCUT2D eigenvalue weighted by Gasteiger charge is 2.28. The molecule has 0 saturated carbocycles. The van der Waals surface area contributed by atoms with E-state index in [0.717, 1.165) is 6.42 Å². The summed E-state index contributed by atoms with van der Waals surface area (Å²) in [5, 5.41) is 0. The fraction of sp³-hybridized carbons (Fsp3) is 0.467. The molecule has 0 bridgehead atoms. The monoisotopic (exact) mass is 307 g/mol. The number of halogens is 1. The molecule has 6 heteroatoms. The van der Waals surface area contributed by atoms with Gasteiger partial charge in [-0.1, -0.05) is 13.8 Å². The summed E-state index contributed by atoms with van der Waals surface area (Å²) < 4.78 is 14.1. The van der Waals surface area contributed by atoms with Gasteiger partial charge in [0.15, 0.2) is 4.77 Å². The Labute approximate surface area is 127 Å². The van der Waals surface area contributed by atoms with Crippen LogP contribution in [0.25, 0.3) is 11.0 Å². The number of imidazole rings is 1. The molecule has 1 aliphatic heterocycles. The largest absolute Gasteiger partial charge is 0.338 e. The quantitative estimate of drug-likeness (QED) is 0.793. The predicted octanol–water partition coefficient (Wildman–Crippen LogP) is 3.48. The summed E-state index contributed by atoms with van der Waals surface area (Å²) >= 11 is 5.03. The molecule has 0 radical (unpaired) electrons. The standard InChI is InChI=1S/C15H18FN3OS/c1-8-3-4-19(7-9(8)2)14(20)11-5-10(16)6-12-13(11)18-15(21)17-12/h5-6,8-9H,3-4,7H2,1-2H3,(H2,17,18,21)/t8-,9+/m1/s1. The van der Waals surface area contributed by atoms with Crippen molar-refractivity contribution in [1.82, 2.24) is 14.9 Å². The van der Waals surface area contributed by atoms with Crippen LogP contribution in [0.1, 0.15) is 30.6 Å². The molecule has 4 nitrogen and oxygen atoms in total. The molecule has 1 aliphatic rings. The highest BCUT2D eigenvalue weighted by molar-refractivity contribution is 7.71. The van der Waals surface area contributed by atoms with Gasteiger partial charge in [-0.3, -0.25) is 4.79 Å². The Balaban J connectivity index is 2.00. The highest BCUT2D eigenvalue weighted by Crippen LogP contribution is 2.26. The van der Waals surface area contributed by atoms with Crippen LogP contribution in [0.15, 0.2) is 12.1 Å². The molecule has 2 aromatic rings. The third-order valence-electron chi connectivity index (χ3n) is 4.44. The van der Waals surface area contributed by atoms with Gasteiger partial charge in [-0.2, -0.15) is 0 Å². The number of likely N-dealkylation sites (tertiary alicyclic amines) is 1. The lowest BCUT2D eigenvalue weighted by Crippen LogP contribution is -2.42. The fourth-order valence-corrected chi connectivity index (χ4v) is 3.11. The molecule has 2 heterocycles. The molecule has 0 aliphatic carbocycles. The van der Waals surface area contributed by atoms with Crippen LogP contribution in [0.2, 0.25) is 0 Å². The van der Waals surface area contributed by atoms with Crippen LogP contribution in [0, 0.1) is 22.4 Å². The number of carbonyl (C=O) groups is 1. The van der Waals surface area contributed by atoms with Crippen molar-refractivity contribution < 1.29 is 9.18 Å². The second-order valence-electron chi connectivity index (χ2n) is 5.95. The van der Waals surface area contributed by atoms with Crippen molar-refractivity contribution >= 4 is 29.2 Å². The Morgan fingerprint density at radius 2 is 2.10 bits per heavy atom. The van der Waals surface area contributed by atoms with Gasteiger partial charge < -0.3 is 14.9 Å². The lowest BCUT2D eigenvalue weighted by atomic mass is 9.88. The first kappa shape index (κ1) is 14.3. The van der Waals surface area contributed by atoms with Crippen molar-refractivity contribution in [3.63, 3.8) is 0 Å². The van der Waals surface area contributed by atoms with E-state index in [1.54, 1.807) is 0 Å². The zero-order chi connectivity index (χ0) is 15.1. The molecule has 1 fully saturated rings. The number of carbonyl (C=O) groups excluding carboxylic acids is 1. The molecule has 112 valence electrons. The van der Waals surface area contributed by atoms with Gasteiger partial charge in [-0.15, -0.1) is 0 Å². The smallest absolute Gasteiger partial charge is 0.256 e. The van der Waals surface area contributed by atoms with E-state index in [0.29, 0.717) is 46.3 Å². The van der Waals surface area contributed by atoms with E-state index < -0.39 is 5.82 Å². The van der Waals surface area contributed by atoms with E-state index in [2.05, 4.69) is 23.8 Å². The van der Waals surface area contributed by atoms with Crippen molar-refractivity contribution in [1.29, 1.82) is 0 Å². The SMILES string of the molecule is C[C@@H]1CCN(C(=O)c2cc(F)cc3[nH]c(=S)[nH]c23)C[C@@H]1C. The second-order valence-corrected chi connectivity index (χ2v) is 6.36. The Hall–Kier alpha value is -1.69. The normalized spacial score (nSPS) is 22.7. The number of nitrogens with zero attached hydrogens (tertiary/aromatic N) is 1. The number of nitrogens with one attached hydrogen (secondary N) is 2. The molecule has 2 N–H and O–H groups in total. The number of hydrogen-bond donors (Lipinski definition) is 2. The lowest BCUT2D eigenvalue weighted by molar-refractivity contribution is 0.0629. The predicted molar refractivity (Wildman–Crippen MR) is 82.3 cm³/mol. The first-order valence-electron chi connectivity index (χ1n) is 7.16. The Bertz CT molecular complexity index is 751. The van der Waals surface area contributed by atoms with Crippen LogP contribution < -0.4 is 0 Å². The molecule has 1 aromatic heterocycles. The van der Waals surface area contributed by atoms with E-state index in [4.69, 9.17) is 12.2 Å². The molecule has 0 spiro atoms. The Morgan fingerprint density at radius 3 is 2.81 bits per heavy atom. The van der Waals surface area contributed by atoms with Crippen LogP contribution >= 0.6 is 12.2 Å². The zero-order valence-electron chi connectivity index (χ0n) is 12.1. The third kappa shape index (κ3) is 2.60. The van der Waals surface area contributed by atoms with Gasteiger partial charge in [0, 0.05) is 13.1 Å². The molecule has 1 amide bonds. The zero-order valence-corrected chi connectivity index (χ0v) is 12.9. The van der Waals surface area contributed by atoms with Crippen LogP contribution in [-0.4, -0.2) is 33.9 Å². The highest BCUT2D eigenvalue weighted by atomic mass is 32.1. The number of aromatic nitrogens is 2. The number of fused-ring (bicyclic) bond motifs is 1. The first-order chi connectivity index (χ1) is 9.95. The summed E-state index contributed by atoms with van der Waals surface area (Å²) in [5.74, 6) is 0.495. The topological polar surface area (TPSA) is 51.9 Å². The summed E-state index contributed by atoms with van der Waals surface area (Å²) in [6, 6.07) is 2.63. The van der Waals surface area contributed by atoms with Crippen molar-refractivity contribution in [2.24, 2.45) is 11.8 Å². The van der Waals surface area contributed by atoms with Gasteiger partial charge in [0.1, 0.15) is 5.82 Å². The van der Waals surface area contributed by atoms with E-state index in [1.165, 1.54) is 12.1 Å². The summed E-state index contributed by atoms with van der Waals surface area (Å²) in [4.78, 5) is 20.3. The van der Waals surface area contributed by atoms with Gasteiger partial charge in [-0.25, -0.2) is 4.39 Å². The number of piperidine rings is 1. The van der Waals surface area contributed by atoms with Crippen LogP contribution in [0.3, 0.4) is 0 Å². The minimum Gasteiger partial charge on any atom is -0.338 e. The number of H-pyrrole nitrogens is 2. The summed E-state index contributed by atoms with van der Waals surface area (Å²) in [6.45, 7) is 5.78. The van der Waals surface area contributed by atoms with E-state index in [9.17, 15) is 9.18 Å². The minimum atomic E-state index is -0.436. The summed E-state index contributed by atoms with van der Waals surface area (Å²) in [7, 11) is 0. The van der Waals surface area contributed by atoms with Crippen molar-refractivity contribution in [3.8, 4) is 0 Å².